The molecule has 1 fully saturated rings. The van der Waals surface area contributed by atoms with E-state index in [1.165, 1.54) is 0 Å². The predicted octanol–water partition coefficient (Wildman–Crippen LogP) is 1.33. The maximum Gasteiger partial charge on any atom is 0.237 e. The van der Waals surface area contributed by atoms with E-state index >= 15 is 0 Å². The molecule has 0 saturated carbocycles. The van der Waals surface area contributed by atoms with Gasteiger partial charge in [0.1, 0.15) is 0 Å². The maximum atomic E-state index is 12.4. The first kappa shape index (κ1) is 22.0. The van der Waals surface area contributed by atoms with Crippen molar-refractivity contribution >= 4 is 5.91 Å². The van der Waals surface area contributed by atoms with Crippen molar-refractivity contribution in [3.8, 4) is 0 Å². The Labute approximate surface area is 156 Å². The van der Waals surface area contributed by atoms with Crippen LogP contribution in [0.1, 0.15) is 39.2 Å². The average molecular weight is 361 g/mol. The molecule has 0 aliphatic carbocycles. The number of nitrogens with one attached hydrogen (secondary N) is 1. The molecule has 1 aromatic rings. The summed E-state index contributed by atoms with van der Waals surface area (Å²) >= 11 is 0. The quantitative estimate of drug-likeness (QED) is 0.656. The smallest absolute Gasteiger partial charge is 0.237 e. The van der Waals surface area contributed by atoms with Crippen molar-refractivity contribution in [2.75, 3.05) is 13.1 Å². The number of benzene rings is 1. The molecule has 1 amide bonds. The Kier molecular flexibility index (Phi) is 8.66. The van der Waals surface area contributed by atoms with Crippen molar-refractivity contribution in [3.05, 3.63) is 35.9 Å². The first-order valence-corrected chi connectivity index (χ1v) is 9.00. The van der Waals surface area contributed by atoms with Crippen molar-refractivity contribution in [2.45, 2.75) is 63.8 Å². The monoisotopic (exact) mass is 361 g/mol. The van der Waals surface area contributed by atoms with Gasteiger partial charge in [0.25, 0.3) is 0 Å². The van der Waals surface area contributed by atoms with Crippen LogP contribution < -0.4 is 11.1 Å². The normalized spacial score (nSPS) is 19.9. The van der Waals surface area contributed by atoms with Gasteiger partial charge in [-0.25, -0.2) is 0 Å². The van der Waals surface area contributed by atoms with Crippen LogP contribution in [0.25, 0.3) is 0 Å². The molecular formula is C19H31N5O2. The van der Waals surface area contributed by atoms with Gasteiger partial charge in [0.2, 0.25) is 5.91 Å². The molecule has 1 aromatic carbocycles. The fourth-order valence-corrected chi connectivity index (χ4v) is 3.19. The number of aliphatic hydroxyl groups is 1. The van der Waals surface area contributed by atoms with Crippen molar-refractivity contribution in [1.29, 1.82) is 10.8 Å². The summed E-state index contributed by atoms with van der Waals surface area (Å²) in [5.74, 6) is 0.0452. The highest BCUT2D eigenvalue weighted by Gasteiger charge is 2.34. The maximum absolute atomic E-state index is 12.4. The third-order valence-corrected chi connectivity index (χ3v) is 4.39. The summed E-state index contributed by atoms with van der Waals surface area (Å²) in [4.78, 5) is 14.5. The van der Waals surface area contributed by atoms with Crippen molar-refractivity contribution in [2.24, 2.45) is 5.73 Å². The molecule has 0 spiro atoms. The van der Waals surface area contributed by atoms with E-state index in [0.29, 0.717) is 13.0 Å². The van der Waals surface area contributed by atoms with Gasteiger partial charge in [-0.15, -0.1) is 0 Å². The van der Waals surface area contributed by atoms with Crippen LogP contribution >= 0.6 is 0 Å². The Morgan fingerprint density at radius 3 is 2.54 bits per heavy atom. The Balaban J connectivity index is 0.00000163. The second kappa shape index (κ2) is 10.2. The van der Waals surface area contributed by atoms with Crippen LogP contribution in [0, 0.1) is 10.8 Å². The first-order valence-electron chi connectivity index (χ1n) is 9.00. The highest BCUT2D eigenvalue weighted by molar-refractivity contribution is 5.82. The highest BCUT2D eigenvalue weighted by Crippen LogP contribution is 2.19. The van der Waals surface area contributed by atoms with E-state index < -0.39 is 6.10 Å². The third kappa shape index (κ3) is 7.08. The minimum absolute atomic E-state index is 0.0452. The molecule has 3 atom stereocenters. The summed E-state index contributed by atoms with van der Waals surface area (Å²) in [6, 6.07) is 9.45. The van der Waals surface area contributed by atoms with Gasteiger partial charge in [-0.1, -0.05) is 30.3 Å². The minimum Gasteiger partial charge on any atom is -0.390 e. The van der Waals surface area contributed by atoms with Gasteiger partial charge in [-0.3, -0.25) is 9.69 Å². The Bertz CT molecular complexity index is 570. The highest BCUT2D eigenvalue weighted by atomic mass is 16.3. The molecule has 4 N–H and O–H groups in total. The number of hydrogen-bond acceptors (Lipinski definition) is 6. The summed E-state index contributed by atoms with van der Waals surface area (Å²) in [6.45, 7) is 7.21. The molecule has 0 aromatic heterocycles. The van der Waals surface area contributed by atoms with Crippen LogP contribution in [-0.4, -0.2) is 52.7 Å². The first-order chi connectivity index (χ1) is 12.3. The summed E-state index contributed by atoms with van der Waals surface area (Å²) in [7, 11) is 0. The topological polar surface area (TPSA) is 126 Å². The number of nitrogens with two attached hydrogens (primary N) is 1. The van der Waals surface area contributed by atoms with Crippen molar-refractivity contribution < 1.29 is 9.90 Å². The fourth-order valence-electron chi connectivity index (χ4n) is 3.19. The number of rotatable bonds is 6. The van der Waals surface area contributed by atoms with Gasteiger partial charge in [0.15, 0.2) is 0 Å². The van der Waals surface area contributed by atoms with E-state index in [2.05, 4.69) is 10.2 Å². The molecular weight excluding hydrogens is 330 g/mol. The van der Waals surface area contributed by atoms with E-state index in [-0.39, 0.29) is 23.5 Å². The number of β-amino-alcohol motifs (C(OH)–C–C–N with tert-alkyl or cyclic N) is 1. The molecule has 144 valence electrons. The number of aliphatic hydroxyl groups excluding tert-OH is 1. The number of amides is 1. The summed E-state index contributed by atoms with van der Waals surface area (Å²) in [6.07, 6.45) is 1.80. The molecule has 1 aliphatic heterocycles. The lowest BCUT2D eigenvalue weighted by Gasteiger charge is -2.30. The molecule has 0 radical (unpaired) electrons. The van der Waals surface area contributed by atoms with Gasteiger partial charge in [-0.2, -0.15) is 0 Å². The standard InChI is InChI=1S/C19H31N3O2.N2/c1-19(2,3)21-18(24)16-10-7-11-22(16)13-17(23)15(20)12-14-8-5-4-6-9-14;1-2/h4-6,8-9,15-17,23H,7,10-13,20H2,1-3H3,(H,21,24);/t15-,16-,17+;/m0./s1. The largest absolute Gasteiger partial charge is 0.390 e. The lowest BCUT2D eigenvalue weighted by Crippen LogP contribution is -2.53. The molecule has 0 bridgehead atoms. The lowest BCUT2D eigenvalue weighted by molar-refractivity contribution is -0.127. The fraction of sp³-hybridized carbons (Fsp3) is 0.632. The molecule has 1 heterocycles. The number of likely N-dealkylation sites (tertiary alicyclic amines) is 1. The van der Waals surface area contributed by atoms with Gasteiger partial charge in [0, 0.05) is 28.9 Å². The number of carbonyl (C=O) groups excluding carboxylic acids is 1. The van der Waals surface area contributed by atoms with Crippen LogP contribution in [-0.2, 0) is 11.2 Å². The molecule has 2 rings (SSSR count). The average Bonchev–Trinajstić information content (AvgIpc) is 3.04. The molecule has 0 unspecified atom stereocenters. The zero-order chi connectivity index (χ0) is 19.7. The van der Waals surface area contributed by atoms with E-state index in [1.54, 1.807) is 0 Å². The van der Waals surface area contributed by atoms with Gasteiger partial charge >= 0.3 is 0 Å². The zero-order valence-corrected chi connectivity index (χ0v) is 15.9. The zero-order valence-electron chi connectivity index (χ0n) is 15.9. The van der Waals surface area contributed by atoms with Crippen LogP contribution in [0.3, 0.4) is 0 Å². The van der Waals surface area contributed by atoms with E-state index in [4.69, 9.17) is 16.5 Å². The Morgan fingerprint density at radius 2 is 1.96 bits per heavy atom. The van der Waals surface area contributed by atoms with Crippen LogP contribution in [0.5, 0.6) is 0 Å². The summed E-state index contributed by atoms with van der Waals surface area (Å²) < 4.78 is 0. The summed E-state index contributed by atoms with van der Waals surface area (Å²) in [5.41, 5.74) is 7.05. The lowest BCUT2D eigenvalue weighted by atomic mass is 10.0. The minimum atomic E-state index is -0.645. The molecule has 7 nitrogen and oxygen atoms in total. The number of nitrogens with zero attached hydrogens (tertiary/aromatic N) is 3. The Hall–Kier alpha value is -2.01. The predicted molar refractivity (Wildman–Crippen MR) is 100 cm³/mol. The van der Waals surface area contributed by atoms with Crippen LogP contribution in [0.15, 0.2) is 30.3 Å². The van der Waals surface area contributed by atoms with Gasteiger partial charge in [0.05, 0.1) is 12.1 Å². The van der Waals surface area contributed by atoms with Crippen molar-refractivity contribution in [1.82, 2.24) is 10.2 Å². The SMILES string of the molecule is CC(C)(C)NC(=O)[C@@H]1CCCN1C[C@@H](O)[C@@H](N)Cc1ccccc1.N#N. The second-order valence-corrected chi connectivity index (χ2v) is 7.81. The molecule has 7 heteroatoms. The molecule has 26 heavy (non-hydrogen) atoms. The number of hydrogen-bond donors (Lipinski definition) is 3. The molecule has 1 aliphatic rings. The second-order valence-electron chi connectivity index (χ2n) is 7.81. The van der Waals surface area contributed by atoms with Gasteiger partial charge in [-0.05, 0) is 52.1 Å². The van der Waals surface area contributed by atoms with Gasteiger partial charge < -0.3 is 16.2 Å². The summed E-state index contributed by atoms with van der Waals surface area (Å²) in [5, 5.41) is 25.5. The van der Waals surface area contributed by atoms with E-state index in [9.17, 15) is 9.90 Å². The van der Waals surface area contributed by atoms with E-state index in [0.717, 1.165) is 24.9 Å². The molecule has 1 saturated heterocycles. The Morgan fingerprint density at radius 1 is 1.35 bits per heavy atom. The van der Waals surface area contributed by atoms with Crippen LogP contribution in [0.4, 0.5) is 0 Å². The number of carbonyl (C=O) groups is 1. The van der Waals surface area contributed by atoms with Crippen LogP contribution in [0.2, 0.25) is 0 Å². The third-order valence-electron chi connectivity index (χ3n) is 4.39. The van der Waals surface area contributed by atoms with Crippen molar-refractivity contribution in [3.63, 3.8) is 0 Å². The van der Waals surface area contributed by atoms with E-state index in [1.807, 2.05) is 51.1 Å².